The van der Waals surface area contributed by atoms with E-state index in [1.54, 1.807) is 0 Å². The van der Waals surface area contributed by atoms with E-state index in [2.05, 4.69) is 13.8 Å². The third kappa shape index (κ3) is 5.80. The van der Waals surface area contributed by atoms with Crippen LogP contribution < -0.4 is 0 Å². The number of hydrogen-bond acceptors (Lipinski definition) is 4. The van der Waals surface area contributed by atoms with E-state index < -0.39 is 17.7 Å². The number of carbonyl (C=O) groups is 1. The van der Waals surface area contributed by atoms with Gasteiger partial charge in [-0.25, -0.2) is 0 Å². The van der Waals surface area contributed by atoms with Crippen molar-refractivity contribution >= 4 is 5.97 Å². The fourth-order valence-corrected chi connectivity index (χ4v) is 4.82. The highest BCUT2D eigenvalue weighted by atomic mass is 16.5. The molecule has 0 heterocycles. The number of rotatable bonds is 11. The monoisotopic (exact) mass is 368 g/mol. The summed E-state index contributed by atoms with van der Waals surface area (Å²) in [6.45, 7) is 4.77. The first-order valence-electron chi connectivity index (χ1n) is 10.3. The smallest absolute Gasteiger partial charge is 0.303 e. The maximum atomic E-state index is 11.2. The van der Waals surface area contributed by atoms with Crippen molar-refractivity contribution in [2.24, 2.45) is 17.8 Å². The summed E-state index contributed by atoms with van der Waals surface area (Å²) < 4.78 is 5.81. The number of carboxylic acids is 1. The quantitative estimate of drug-likeness (QED) is 0.384. The minimum atomic E-state index is -0.799. The van der Waals surface area contributed by atoms with E-state index >= 15 is 0 Å². The molecule has 3 N–H and O–H groups in total. The highest BCUT2D eigenvalue weighted by Crippen LogP contribution is 2.52. The Morgan fingerprint density at radius 3 is 2.85 bits per heavy atom. The van der Waals surface area contributed by atoms with Gasteiger partial charge in [0.25, 0.3) is 0 Å². The average Bonchev–Trinajstić information content (AvgIpc) is 3.02. The van der Waals surface area contributed by atoms with Gasteiger partial charge in [0, 0.05) is 25.4 Å². The van der Waals surface area contributed by atoms with E-state index in [0.29, 0.717) is 25.4 Å². The van der Waals surface area contributed by atoms with Gasteiger partial charge in [0.15, 0.2) is 0 Å². The SMILES string of the molecule is CCCC(C)CC(O)C=C[C@@H]1CC[C@@H]2CC(OCCCC(=O)O)C[C@]21O. The van der Waals surface area contributed by atoms with Crippen LogP contribution in [0.5, 0.6) is 0 Å². The Morgan fingerprint density at radius 2 is 2.15 bits per heavy atom. The van der Waals surface area contributed by atoms with Crippen LogP contribution in [0.3, 0.4) is 0 Å². The third-order valence-electron chi connectivity index (χ3n) is 6.16. The van der Waals surface area contributed by atoms with Crippen molar-refractivity contribution in [3.8, 4) is 0 Å². The molecule has 0 bridgehead atoms. The van der Waals surface area contributed by atoms with Crippen molar-refractivity contribution in [3.05, 3.63) is 12.2 Å². The predicted molar refractivity (Wildman–Crippen MR) is 101 cm³/mol. The van der Waals surface area contributed by atoms with Crippen molar-refractivity contribution in [1.82, 2.24) is 0 Å². The van der Waals surface area contributed by atoms with Crippen molar-refractivity contribution < 1.29 is 24.9 Å². The van der Waals surface area contributed by atoms with Crippen LogP contribution in [0, 0.1) is 17.8 Å². The molecule has 0 amide bonds. The van der Waals surface area contributed by atoms with Crippen LogP contribution in [0.15, 0.2) is 12.2 Å². The molecule has 150 valence electrons. The van der Waals surface area contributed by atoms with Crippen molar-refractivity contribution in [3.63, 3.8) is 0 Å². The van der Waals surface area contributed by atoms with Crippen LogP contribution >= 0.6 is 0 Å². The lowest BCUT2D eigenvalue weighted by molar-refractivity contribution is -0.137. The van der Waals surface area contributed by atoms with Crippen LogP contribution in [-0.4, -0.2) is 45.7 Å². The van der Waals surface area contributed by atoms with Gasteiger partial charge < -0.3 is 20.1 Å². The zero-order valence-electron chi connectivity index (χ0n) is 16.3. The molecule has 2 saturated carbocycles. The van der Waals surface area contributed by atoms with Crippen molar-refractivity contribution in [2.45, 2.75) is 89.4 Å². The van der Waals surface area contributed by atoms with Crippen LogP contribution in [0.25, 0.3) is 0 Å². The Balaban J connectivity index is 1.81. The summed E-state index contributed by atoms with van der Waals surface area (Å²) in [7, 11) is 0. The molecule has 5 nitrogen and oxygen atoms in total. The molecule has 0 radical (unpaired) electrons. The van der Waals surface area contributed by atoms with E-state index in [9.17, 15) is 15.0 Å². The molecule has 6 atom stereocenters. The summed E-state index contributed by atoms with van der Waals surface area (Å²) >= 11 is 0. The Kier molecular flexibility index (Phi) is 8.11. The molecule has 0 saturated heterocycles. The second kappa shape index (κ2) is 9.86. The number of aliphatic hydroxyl groups excluding tert-OH is 1. The van der Waals surface area contributed by atoms with Crippen LogP contribution in [0.4, 0.5) is 0 Å². The molecule has 0 spiro atoms. The number of aliphatic hydroxyl groups is 2. The molecular weight excluding hydrogens is 332 g/mol. The van der Waals surface area contributed by atoms with E-state index in [-0.39, 0.29) is 24.4 Å². The van der Waals surface area contributed by atoms with E-state index in [1.165, 1.54) is 0 Å². The molecule has 0 aromatic carbocycles. The van der Waals surface area contributed by atoms with E-state index in [1.807, 2.05) is 12.2 Å². The summed E-state index contributed by atoms with van der Waals surface area (Å²) in [4.78, 5) is 10.6. The van der Waals surface area contributed by atoms with Crippen molar-refractivity contribution in [1.29, 1.82) is 0 Å². The number of fused-ring (bicyclic) bond motifs is 1. The van der Waals surface area contributed by atoms with Gasteiger partial charge in [0.1, 0.15) is 0 Å². The normalized spacial score (nSPS) is 33.5. The molecule has 2 rings (SSSR count). The number of carboxylic acid groups (broad SMARTS) is 1. The van der Waals surface area contributed by atoms with E-state index in [4.69, 9.17) is 9.84 Å². The predicted octanol–water partition coefficient (Wildman–Crippen LogP) is 3.53. The number of ether oxygens (including phenoxy) is 1. The average molecular weight is 369 g/mol. The van der Waals surface area contributed by atoms with Gasteiger partial charge in [0.05, 0.1) is 17.8 Å². The Hall–Kier alpha value is -0.910. The summed E-state index contributed by atoms with van der Waals surface area (Å²) in [5.74, 6) is 0.0377. The van der Waals surface area contributed by atoms with E-state index in [0.717, 1.165) is 38.5 Å². The molecule has 0 aromatic rings. The molecule has 0 aromatic heterocycles. The second-order valence-electron chi connectivity index (χ2n) is 8.38. The molecular formula is C21H36O5. The summed E-state index contributed by atoms with van der Waals surface area (Å²) in [6.07, 6.45) is 10.6. The fraction of sp³-hybridized carbons (Fsp3) is 0.857. The number of aliphatic carboxylic acids is 1. The summed E-state index contributed by atoms with van der Waals surface area (Å²) in [6, 6.07) is 0. The third-order valence-corrected chi connectivity index (χ3v) is 6.16. The Labute approximate surface area is 157 Å². The first-order valence-corrected chi connectivity index (χ1v) is 10.3. The molecule has 3 unspecified atom stereocenters. The largest absolute Gasteiger partial charge is 0.481 e. The minimum Gasteiger partial charge on any atom is -0.481 e. The van der Waals surface area contributed by atoms with Gasteiger partial charge in [-0.05, 0) is 43.9 Å². The topological polar surface area (TPSA) is 87.0 Å². The summed E-state index contributed by atoms with van der Waals surface area (Å²) in [5, 5.41) is 30.1. The lowest BCUT2D eigenvalue weighted by Crippen LogP contribution is -2.35. The van der Waals surface area contributed by atoms with Gasteiger partial charge in [0.2, 0.25) is 0 Å². The zero-order valence-corrected chi connectivity index (χ0v) is 16.3. The minimum absolute atomic E-state index is 0.0181. The standard InChI is InChI=1S/C21H36O5/c1-3-5-15(2)12-18(22)10-9-16-7-8-17-13-19(14-21(16,17)25)26-11-4-6-20(23)24/h9-10,15-19,22,25H,3-8,11-14H2,1-2H3,(H,23,24)/t15?,16-,17+,18?,19?,21+/m0/s1. The fourth-order valence-electron chi connectivity index (χ4n) is 4.82. The lowest BCUT2D eigenvalue weighted by Gasteiger charge is -2.28. The highest BCUT2D eigenvalue weighted by Gasteiger charge is 2.54. The van der Waals surface area contributed by atoms with Crippen LogP contribution in [-0.2, 0) is 9.53 Å². The first-order chi connectivity index (χ1) is 12.3. The molecule has 2 aliphatic carbocycles. The van der Waals surface area contributed by atoms with Crippen LogP contribution in [0.2, 0.25) is 0 Å². The maximum Gasteiger partial charge on any atom is 0.303 e. The lowest BCUT2D eigenvalue weighted by atomic mass is 9.85. The first kappa shape index (κ1) is 21.4. The zero-order chi connectivity index (χ0) is 19.2. The Morgan fingerprint density at radius 1 is 1.38 bits per heavy atom. The van der Waals surface area contributed by atoms with Crippen molar-refractivity contribution in [2.75, 3.05) is 6.61 Å². The maximum absolute atomic E-state index is 11.2. The van der Waals surface area contributed by atoms with Gasteiger partial charge >= 0.3 is 5.97 Å². The molecule has 5 heteroatoms. The van der Waals surface area contributed by atoms with Gasteiger partial charge in [-0.3, -0.25) is 4.79 Å². The highest BCUT2D eigenvalue weighted by molar-refractivity contribution is 5.66. The second-order valence-corrected chi connectivity index (χ2v) is 8.38. The van der Waals surface area contributed by atoms with Gasteiger partial charge in [-0.2, -0.15) is 0 Å². The van der Waals surface area contributed by atoms with Crippen LogP contribution in [0.1, 0.15) is 71.6 Å². The van der Waals surface area contributed by atoms with Gasteiger partial charge in [-0.15, -0.1) is 0 Å². The van der Waals surface area contributed by atoms with Gasteiger partial charge in [-0.1, -0.05) is 38.8 Å². The molecule has 2 aliphatic rings. The summed E-state index contributed by atoms with van der Waals surface area (Å²) in [5.41, 5.74) is -0.733. The Bertz CT molecular complexity index is 477. The molecule has 0 aliphatic heterocycles. The molecule has 26 heavy (non-hydrogen) atoms. The molecule has 2 fully saturated rings. The number of hydrogen-bond donors (Lipinski definition) is 3.